The van der Waals surface area contributed by atoms with E-state index in [0.717, 1.165) is 63.2 Å². The number of aromatic nitrogens is 2. The summed E-state index contributed by atoms with van der Waals surface area (Å²) in [6.45, 7) is 9.11. The monoisotopic (exact) mass is 942 g/mol. The van der Waals surface area contributed by atoms with Crippen LogP contribution in [0.3, 0.4) is 0 Å². The van der Waals surface area contributed by atoms with Crippen molar-refractivity contribution >= 4 is 41.4 Å². The molecule has 18 nitrogen and oxygen atoms in total. The van der Waals surface area contributed by atoms with Crippen molar-refractivity contribution in [3.8, 4) is 33.9 Å². The molecular formula is C51H58N8O10. The number of carbonyl (C=O) groups is 5. The third-order valence-corrected chi connectivity index (χ3v) is 13.6. The molecule has 362 valence electrons. The number of aliphatic imine (C=N–C) groups is 1. The number of fused-ring (bicyclic) bond motifs is 2. The van der Waals surface area contributed by atoms with Crippen LogP contribution in [0.1, 0.15) is 81.9 Å². The van der Waals surface area contributed by atoms with Crippen molar-refractivity contribution in [3.63, 3.8) is 0 Å². The molecule has 0 spiro atoms. The molecule has 4 aromatic rings. The van der Waals surface area contributed by atoms with Crippen LogP contribution in [0.25, 0.3) is 28.0 Å². The van der Waals surface area contributed by atoms with E-state index in [9.17, 15) is 24.0 Å². The Labute approximate surface area is 400 Å². The Morgan fingerprint density at radius 1 is 0.754 bits per heavy atom. The largest absolute Gasteiger partial charge is 0.454 e. The van der Waals surface area contributed by atoms with E-state index in [2.05, 4.69) is 57.0 Å². The third kappa shape index (κ3) is 9.69. The van der Waals surface area contributed by atoms with Crippen molar-refractivity contribution in [1.29, 1.82) is 0 Å². The van der Waals surface area contributed by atoms with Gasteiger partial charge in [-0.05, 0) is 75.8 Å². The maximum Gasteiger partial charge on any atom is 0.410 e. The van der Waals surface area contributed by atoms with Crippen LogP contribution in [-0.2, 0) is 36.9 Å². The normalized spacial score (nSPS) is 20.1. The van der Waals surface area contributed by atoms with E-state index in [1.54, 1.807) is 20.9 Å². The number of imidazole rings is 1. The molecule has 0 aliphatic carbocycles. The molecule has 3 N–H and O–H groups in total. The number of likely N-dealkylation sites (tertiary alicyclic amines) is 2. The quantitative estimate of drug-likeness (QED) is 0.121. The summed E-state index contributed by atoms with van der Waals surface area (Å²) in [6.07, 6.45) is 3.61. The Bertz CT molecular complexity index is 2650. The van der Waals surface area contributed by atoms with Crippen molar-refractivity contribution in [3.05, 3.63) is 95.6 Å². The minimum absolute atomic E-state index is 0.124. The standard InChI is InChI=1S/C51H58N8O10/c1-28(2)44(55-49(62)65-5)47(60)58-17-7-8-40(58)46-53-23-39(54-46)33-15-13-31(14-16-33)30-9-11-32(12-10-30)34-18-38(52-22-34)41-21-37(26-59(41)48(61)45(29(3)4)56-50(63)66-6)69-51(64)57-24-35-19-42-43(68-27-67-42)20-36(35)25-57/h9-16,19-20,22-23,28-29,37,40-41,44-45H,7-8,17-18,21,24-27H2,1-6H3,(H,53,54)(H,55,62)(H,56,63)/t37-,40+,41?,44+,45+/m1/s1. The zero-order chi connectivity index (χ0) is 48.5. The van der Waals surface area contributed by atoms with E-state index < -0.39 is 42.5 Å². The van der Waals surface area contributed by atoms with E-state index >= 15 is 0 Å². The molecular weight excluding hydrogens is 885 g/mol. The minimum Gasteiger partial charge on any atom is -0.454 e. The third-order valence-electron chi connectivity index (χ3n) is 13.6. The van der Waals surface area contributed by atoms with Crippen LogP contribution >= 0.6 is 0 Å². The molecule has 5 amide bonds. The zero-order valence-electron chi connectivity index (χ0n) is 39.7. The second kappa shape index (κ2) is 19.7. The van der Waals surface area contributed by atoms with Crippen LogP contribution < -0.4 is 20.1 Å². The summed E-state index contributed by atoms with van der Waals surface area (Å²) in [5.41, 5.74) is 8.51. The summed E-state index contributed by atoms with van der Waals surface area (Å²) in [6, 6.07) is 18.0. The first kappa shape index (κ1) is 46.7. The van der Waals surface area contributed by atoms with Crippen LogP contribution in [0.2, 0.25) is 0 Å². The number of amides is 5. The Kier molecular flexibility index (Phi) is 13.3. The number of ether oxygens (including phenoxy) is 5. The van der Waals surface area contributed by atoms with Gasteiger partial charge in [-0.3, -0.25) is 19.5 Å². The predicted octanol–water partition coefficient (Wildman–Crippen LogP) is 7.20. The topological polar surface area (TPSA) is 206 Å². The van der Waals surface area contributed by atoms with Gasteiger partial charge in [0.25, 0.3) is 0 Å². The first-order valence-electron chi connectivity index (χ1n) is 23.5. The molecule has 5 aliphatic rings. The molecule has 1 aromatic heterocycles. The van der Waals surface area contributed by atoms with Crippen molar-refractivity contribution in [2.75, 3.05) is 34.1 Å². The number of hydrogen-bond donors (Lipinski definition) is 3. The van der Waals surface area contributed by atoms with Crippen LogP contribution in [0.4, 0.5) is 14.4 Å². The van der Waals surface area contributed by atoms with Gasteiger partial charge in [0.2, 0.25) is 18.6 Å². The number of rotatable bonds is 12. The number of nitrogens with zero attached hydrogens (tertiary/aromatic N) is 5. The Hall–Kier alpha value is -7.37. The molecule has 5 aliphatic heterocycles. The van der Waals surface area contributed by atoms with Crippen molar-refractivity contribution < 1.29 is 47.7 Å². The lowest BCUT2D eigenvalue weighted by molar-refractivity contribution is -0.135. The van der Waals surface area contributed by atoms with Crippen LogP contribution in [-0.4, -0.2) is 119 Å². The lowest BCUT2D eigenvalue weighted by Crippen LogP contribution is -2.53. The van der Waals surface area contributed by atoms with Gasteiger partial charge in [-0.2, -0.15) is 0 Å². The summed E-state index contributed by atoms with van der Waals surface area (Å²) < 4.78 is 26.8. The zero-order valence-corrected chi connectivity index (χ0v) is 39.7. The number of nitrogens with one attached hydrogen (secondary N) is 3. The Morgan fingerprint density at radius 3 is 1.90 bits per heavy atom. The number of benzene rings is 3. The van der Waals surface area contributed by atoms with Gasteiger partial charge in [-0.15, -0.1) is 0 Å². The van der Waals surface area contributed by atoms with Crippen molar-refractivity contribution in [1.82, 2.24) is 35.3 Å². The number of allylic oxidation sites excluding steroid dienone is 1. The van der Waals surface area contributed by atoms with Gasteiger partial charge in [0.1, 0.15) is 24.0 Å². The predicted molar refractivity (Wildman–Crippen MR) is 254 cm³/mol. The average Bonchev–Trinajstić information content (AvgIpc) is 4.22. The molecule has 2 saturated heterocycles. The highest BCUT2D eigenvalue weighted by atomic mass is 16.7. The van der Waals surface area contributed by atoms with E-state index in [0.29, 0.717) is 49.8 Å². The van der Waals surface area contributed by atoms with Gasteiger partial charge in [0, 0.05) is 44.4 Å². The lowest BCUT2D eigenvalue weighted by atomic mass is 9.95. The highest BCUT2D eigenvalue weighted by molar-refractivity contribution is 6.04. The van der Waals surface area contributed by atoms with Crippen molar-refractivity contribution in [2.24, 2.45) is 16.8 Å². The summed E-state index contributed by atoms with van der Waals surface area (Å²) in [4.78, 5) is 84.0. The summed E-state index contributed by atoms with van der Waals surface area (Å²) in [7, 11) is 2.54. The number of carbonyl (C=O) groups excluding carboxylic acids is 5. The highest BCUT2D eigenvalue weighted by Gasteiger charge is 2.45. The van der Waals surface area contributed by atoms with Crippen LogP contribution in [0.5, 0.6) is 11.5 Å². The Morgan fingerprint density at radius 2 is 1.32 bits per heavy atom. The van der Waals surface area contributed by atoms with Crippen LogP contribution in [0, 0.1) is 11.8 Å². The minimum atomic E-state index is -0.871. The molecule has 6 heterocycles. The maximum atomic E-state index is 14.3. The number of hydrogen-bond acceptors (Lipinski definition) is 12. The Balaban J connectivity index is 0.844. The van der Waals surface area contributed by atoms with E-state index in [4.69, 9.17) is 28.7 Å². The molecule has 5 atom stereocenters. The van der Waals surface area contributed by atoms with Crippen LogP contribution in [0.15, 0.2) is 78.1 Å². The smallest absolute Gasteiger partial charge is 0.410 e. The maximum absolute atomic E-state index is 14.3. The van der Waals surface area contributed by atoms with Crippen molar-refractivity contribution in [2.45, 2.75) is 96.7 Å². The molecule has 18 heteroatoms. The molecule has 3 aromatic carbocycles. The van der Waals surface area contributed by atoms with Gasteiger partial charge in [-0.1, -0.05) is 76.2 Å². The summed E-state index contributed by atoms with van der Waals surface area (Å²) in [5, 5.41) is 5.40. The molecule has 2 fully saturated rings. The average molecular weight is 943 g/mol. The fourth-order valence-electron chi connectivity index (χ4n) is 9.85. The number of methoxy groups -OCH3 is 2. The SMILES string of the molecule is COC(=O)N[C@H](C(=O)N1C[C@H](OC(=O)N2Cc3cc4c(cc3C2)OCO4)CC1C1=NC=C(c2ccc(-c3ccc(-c4cnc([C@@H]5CCCN5C(=O)[C@@H](NC(=O)OC)C(C)C)[nH]4)cc3)cc2)C1)C(C)C. The molecule has 0 radical (unpaired) electrons. The number of alkyl carbamates (subject to hydrolysis) is 2. The molecule has 1 unspecified atom stereocenters. The lowest BCUT2D eigenvalue weighted by Gasteiger charge is -2.30. The fourth-order valence-corrected chi connectivity index (χ4v) is 9.85. The molecule has 0 bridgehead atoms. The molecule has 69 heavy (non-hydrogen) atoms. The van der Waals surface area contributed by atoms with Gasteiger partial charge < -0.3 is 49.1 Å². The number of aromatic amines is 1. The first-order chi connectivity index (χ1) is 33.3. The summed E-state index contributed by atoms with van der Waals surface area (Å²) >= 11 is 0. The second-order valence-corrected chi connectivity index (χ2v) is 18.8. The number of H-pyrrole nitrogens is 1. The van der Waals surface area contributed by atoms with E-state index in [-0.39, 0.29) is 43.0 Å². The van der Waals surface area contributed by atoms with E-state index in [1.807, 2.05) is 58.2 Å². The summed E-state index contributed by atoms with van der Waals surface area (Å²) in [5.74, 6) is 1.18. The molecule has 9 rings (SSSR count). The highest BCUT2D eigenvalue weighted by Crippen LogP contribution is 2.39. The van der Waals surface area contributed by atoms with Gasteiger partial charge in [-0.25, -0.2) is 19.4 Å². The van der Waals surface area contributed by atoms with Gasteiger partial charge in [0.05, 0.1) is 44.7 Å². The fraction of sp³-hybridized carbons (Fsp3) is 0.431. The van der Waals surface area contributed by atoms with Gasteiger partial charge >= 0.3 is 18.3 Å². The first-order valence-corrected chi connectivity index (χ1v) is 23.5. The molecule has 0 saturated carbocycles. The van der Waals surface area contributed by atoms with E-state index in [1.165, 1.54) is 14.2 Å². The van der Waals surface area contributed by atoms with Gasteiger partial charge in [0.15, 0.2) is 11.5 Å². The second-order valence-electron chi connectivity index (χ2n) is 18.8.